The van der Waals surface area contributed by atoms with Gasteiger partial charge in [-0.1, -0.05) is 0 Å². The van der Waals surface area contributed by atoms with Crippen LogP contribution in [0, 0.1) is 6.92 Å². The van der Waals surface area contributed by atoms with E-state index in [1.165, 1.54) is 6.92 Å². The van der Waals surface area contributed by atoms with Crippen LogP contribution in [0.5, 0.6) is 0 Å². The van der Waals surface area contributed by atoms with Gasteiger partial charge < -0.3 is 9.80 Å². The zero-order chi connectivity index (χ0) is 15.5. The maximum atomic E-state index is 11.5. The molecule has 2 aromatic rings. The number of aryl methyl sites for hydroxylation is 1. The third-order valence-electron chi connectivity index (χ3n) is 3.60. The molecule has 3 rings (SSSR count). The fourth-order valence-electron chi connectivity index (χ4n) is 2.44. The fourth-order valence-corrected chi connectivity index (χ4v) is 2.44. The Morgan fingerprint density at radius 1 is 1.00 bits per heavy atom. The Balaban J connectivity index is 1.73. The SMILES string of the molecule is CC(=O)c1cc(C)nc(N2CCN(c3ncccn3)CC2)n1. The zero-order valence-corrected chi connectivity index (χ0v) is 12.7. The van der Waals surface area contributed by atoms with E-state index >= 15 is 0 Å². The molecule has 0 saturated carbocycles. The van der Waals surface area contributed by atoms with Gasteiger partial charge in [0, 0.05) is 51.2 Å². The molecule has 0 amide bonds. The summed E-state index contributed by atoms with van der Waals surface area (Å²) >= 11 is 0. The highest BCUT2D eigenvalue weighted by Gasteiger charge is 2.21. The van der Waals surface area contributed by atoms with E-state index in [2.05, 4.69) is 29.7 Å². The molecule has 0 spiro atoms. The van der Waals surface area contributed by atoms with Crippen LogP contribution in [0.3, 0.4) is 0 Å². The van der Waals surface area contributed by atoms with Gasteiger partial charge in [-0.25, -0.2) is 19.9 Å². The molecular formula is C15H18N6O. The van der Waals surface area contributed by atoms with Gasteiger partial charge in [-0.3, -0.25) is 4.79 Å². The molecule has 3 heterocycles. The topological polar surface area (TPSA) is 75.1 Å². The van der Waals surface area contributed by atoms with Crippen LogP contribution in [0.15, 0.2) is 24.5 Å². The minimum atomic E-state index is -0.0388. The lowest BCUT2D eigenvalue weighted by Gasteiger charge is -2.34. The van der Waals surface area contributed by atoms with Crippen LogP contribution in [0.25, 0.3) is 0 Å². The molecule has 0 unspecified atom stereocenters. The van der Waals surface area contributed by atoms with E-state index in [1.54, 1.807) is 18.5 Å². The number of anilines is 2. The second-order valence-corrected chi connectivity index (χ2v) is 5.27. The molecule has 1 aliphatic heterocycles. The van der Waals surface area contributed by atoms with E-state index in [1.807, 2.05) is 13.0 Å². The summed E-state index contributed by atoms with van der Waals surface area (Å²) in [6, 6.07) is 3.53. The van der Waals surface area contributed by atoms with E-state index in [-0.39, 0.29) is 5.78 Å². The summed E-state index contributed by atoms with van der Waals surface area (Å²) in [6.07, 6.45) is 3.50. The minimum Gasteiger partial charge on any atom is -0.337 e. The monoisotopic (exact) mass is 298 g/mol. The molecule has 1 saturated heterocycles. The molecule has 0 aliphatic carbocycles. The van der Waals surface area contributed by atoms with E-state index in [9.17, 15) is 4.79 Å². The Hall–Kier alpha value is -2.57. The maximum absolute atomic E-state index is 11.5. The molecule has 2 aromatic heterocycles. The lowest BCUT2D eigenvalue weighted by atomic mass is 10.2. The fraction of sp³-hybridized carbons (Fsp3) is 0.400. The lowest BCUT2D eigenvalue weighted by Crippen LogP contribution is -2.47. The largest absolute Gasteiger partial charge is 0.337 e. The van der Waals surface area contributed by atoms with Crippen LogP contribution in [0.2, 0.25) is 0 Å². The van der Waals surface area contributed by atoms with Crippen LogP contribution in [0.1, 0.15) is 23.1 Å². The summed E-state index contributed by atoms with van der Waals surface area (Å²) in [4.78, 5) is 33.1. The molecule has 0 atom stereocenters. The zero-order valence-electron chi connectivity index (χ0n) is 12.7. The molecule has 0 bridgehead atoms. The average Bonchev–Trinajstić information content (AvgIpc) is 2.55. The second-order valence-electron chi connectivity index (χ2n) is 5.27. The Morgan fingerprint density at radius 2 is 1.59 bits per heavy atom. The summed E-state index contributed by atoms with van der Waals surface area (Å²) in [5.41, 5.74) is 1.28. The number of nitrogens with zero attached hydrogens (tertiary/aromatic N) is 6. The number of aromatic nitrogens is 4. The molecule has 7 nitrogen and oxygen atoms in total. The predicted octanol–water partition coefficient (Wildman–Crippen LogP) is 1.10. The number of carbonyl (C=O) groups is 1. The Bertz CT molecular complexity index is 667. The predicted molar refractivity (Wildman–Crippen MR) is 83.2 cm³/mol. The van der Waals surface area contributed by atoms with E-state index in [0.29, 0.717) is 11.6 Å². The van der Waals surface area contributed by atoms with E-state index in [0.717, 1.165) is 37.8 Å². The molecule has 114 valence electrons. The van der Waals surface area contributed by atoms with Gasteiger partial charge in [0.25, 0.3) is 0 Å². The summed E-state index contributed by atoms with van der Waals surface area (Å²) in [6.45, 7) is 6.56. The van der Waals surface area contributed by atoms with Crippen LogP contribution >= 0.6 is 0 Å². The van der Waals surface area contributed by atoms with E-state index < -0.39 is 0 Å². The van der Waals surface area contributed by atoms with Gasteiger partial charge in [0.05, 0.1) is 0 Å². The number of piperazine rings is 1. The van der Waals surface area contributed by atoms with Crippen molar-refractivity contribution < 1.29 is 4.79 Å². The number of carbonyl (C=O) groups excluding carboxylic acids is 1. The van der Waals surface area contributed by atoms with Gasteiger partial charge in [-0.2, -0.15) is 0 Å². The van der Waals surface area contributed by atoms with Crippen LogP contribution in [-0.4, -0.2) is 51.9 Å². The first kappa shape index (κ1) is 14.4. The Kier molecular flexibility index (Phi) is 3.95. The summed E-state index contributed by atoms with van der Waals surface area (Å²) in [5.74, 6) is 1.33. The molecule has 0 aromatic carbocycles. The standard InChI is InChI=1S/C15H18N6O/c1-11-10-13(12(2)22)19-15(18-11)21-8-6-20(7-9-21)14-16-4-3-5-17-14/h3-5,10H,6-9H2,1-2H3. The summed E-state index contributed by atoms with van der Waals surface area (Å²) in [7, 11) is 0. The van der Waals surface area contributed by atoms with Crippen molar-refractivity contribution >= 4 is 17.7 Å². The highest BCUT2D eigenvalue weighted by Crippen LogP contribution is 2.15. The third kappa shape index (κ3) is 3.03. The minimum absolute atomic E-state index is 0.0388. The van der Waals surface area contributed by atoms with Crippen molar-refractivity contribution in [1.82, 2.24) is 19.9 Å². The number of rotatable bonds is 3. The number of ketones is 1. The molecule has 7 heteroatoms. The first-order valence-corrected chi connectivity index (χ1v) is 7.27. The van der Waals surface area contributed by atoms with Crippen molar-refractivity contribution in [2.24, 2.45) is 0 Å². The molecule has 0 radical (unpaired) electrons. The first-order chi connectivity index (χ1) is 10.6. The van der Waals surface area contributed by atoms with Crippen molar-refractivity contribution in [2.45, 2.75) is 13.8 Å². The van der Waals surface area contributed by atoms with Crippen molar-refractivity contribution in [2.75, 3.05) is 36.0 Å². The molecule has 1 fully saturated rings. The normalized spacial score (nSPS) is 15.0. The quantitative estimate of drug-likeness (QED) is 0.785. The van der Waals surface area contributed by atoms with Crippen molar-refractivity contribution in [3.63, 3.8) is 0 Å². The van der Waals surface area contributed by atoms with Crippen LogP contribution < -0.4 is 9.80 Å². The average molecular weight is 298 g/mol. The van der Waals surface area contributed by atoms with Gasteiger partial charge in [0.2, 0.25) is 11.9 Å². The van der Waals surface area contributed by atoms with Crippen molar-refractivity contribution in [1.29, 1.82) is 0 Å². The molecule has 0 N–H and O–H groups in total. The summed E-state index contributed by atoms with van der Waals surface area (Å²) < 4.78 is 0. The maximum Gasteiger partial charge on any atom is 0.226 e. The van der Waals surface area contributed by atoms with Gasteiger partial charge in [-0.05, 0) is 19.1 Å². The van der Waals surface area contributed by atoms with Crippen LogP contribution in [0.4, 0.5) is 11.9 Å². The lowest BCUT2D eigenvalue weighted by molar-refractivity contribution is 0.101. The van der Waals surface area contributed by atoms with Crippen molar-refractivity contribution in [3.8, 4) is 0 Å². The van der Waals surface area contributed by atoms with Crippen LogP contribution in [-0.2, 0) is 0 Å². The highest BCUT2D eigenvalue weighted by molar-refractivity contribution is 5.92. The van der Waals surface area contributed by atoms with Gasteiger partial charge in [0.1, 0.15) is 5.69 Å². The summed E-state index contributed by atoms with van der Waals surface area (Å²) in [5, 5.41) is 0. The second kappa shape index (κ2) is 6.05. The third-order valence-corrected chi connectivity index (χ3v) is 3.60. The van der Waals surface area contributed by atoms with Gasteiger partial charge in [0.15, 0.2) is 5.78 Å². The first-order valence-electron chi connectivity index (χ1n) is 7.27. The number of hydrogen-bond donors (Lipinski definition) is 0. The molecule has 22 heavy (non-hydrogen) atoms. The number of hydrogen-bond acceptors (Lipinski definition) is 7. The molecule has 1 aliphatic rings. The van der Waals surface area contributed by atoms with E-state index in [4.69, 9.17) is 0 Å². The Labute approximate surface area is 129 Å². The Morgan fingerprint density at radius 3 is 2.18 bits per heavy atom. The smallest absolute Gasteiger partial charge is 0.226 e. The molecular weight excluding hydrogens is 280 g/mol. The van der Waals surface area contributed by atoms with Crippen molar-refractivity contribution in [3.05, 3.63) is 35.9 Å². The highest BCUT2D eigenvalue weighted by atomic mass is 16.1. The number of Topliss-reactive ketones (excluding diaryl/α,β-unsaturated/α-hetero) is 1. The van der Waals surface area contributed by atoms with Gasteiger partial charge >= 0.3 is 0 Å². The van der Waals surface area contributed by atoms with Gasteiger partial charge in [-0.15, -0.1) is 0 Å².